The first-order valence-corrected chi connectivity index (χ1v) is 8.41. The van der Waals surface area contributed by atoms with Crippen molar-refractivity contribution in [3.8, 4) is 0 Å². The fraction of sp³-hybridized carbons (Fsp3) is 0.467. The second-order valence-corrected chi connectivity index (χ2v) is 7.24. The summed E-state index contributed by atoms with van der Waals surface area (Å²) in [5.74, 6) is 0. The molecule has 3 nitrogen and oxygen atoms in total. The predicted molar refractivity (Wildman–Crippen MR) is 76.6 cm³/mol. The quantitative estimate of drug-likeness (QED) is 0.924. The Balaban J connectivity index is 1.86. The molecule has 0 aromatic heterocycles. The van der Waals surface area contributed by atoms with Crippen LogP contribution in [0.4, 0.5) is 0 Å². The molecule has 0 saturated heterocycles. The summed E-state index contributed by atoms with van der Waals surface area (Å²) in [5, 5.41) is 4.93. The molecule has 1 heterocycles. The van der Waals surface area contributed by atoms with E-state index < -0.39 is 9.84 Å². The van der Waals surface area contributed by atoms with E-state index in [9.17, 15) is 8.42 Å². The lowest BCUT2D eigenvalue weighted by molar-refractivity contribution is 0.560. The summed E-state index contributed by atoms with van der Waals surface area (Å²) in [6.07, 6.45) is 4.98. The van der Waals surface area contributed by atoms with E-state index in [4.69, 9.17) is 0 Å². The highest BCUT2D eigenvalue weighted by molar-refractivity contribution is 7.95. The van der Waals surface area contributed by atoms with Crippen LogP contribution in [0.15, 0.2) is 28.5 Å². The van der Waals surface area contributed by atoms with E-state index in [1.54, 1.807) is 0 Å². The minimum Gasteiger partial charge on any atom is -0.310 e. The van der Waals surface area contributed by atoms with Crippen LogP contribution >= 0.6 is 0 Å². The van der Waals surface area contributed by atoms with Gasteiger partial charge in [-0.1, -0.05) is 31.0 Å². The average Bonchev–Trinajstić information content (AvgIpc) is 2.94. The summed E-state index contributed by atoms with van der Waals surface area (Å²) in [7, 11) is -3.23. The zero-order valence-corrected chi connectivity index (χ0v) is 12.0. The maximum absolute atomic E-state index is 12.2. The zero-order chi connectivity index (χ0) is 13.5. The van der Waals surface area contributed by atoms with Gasteiger partial charge in [0, 0.05) is 18.0 Å². The minimum absolute atomic E-state index is 0.498. The highest BCUT2D eigenvalue weighted by Crippen LogP contribution is 2.35. The Bertz CT molecular complexity index is 626. The van der Waals surface area contributed by atoms with Gasteiger partial charge in [0.1, 0.15) is 0 Å². The number of aryl methyl sites for hydroxylation is 1. The van der Waals surface area contributed by atoms with E-state index >= 15 is 0 Å². The highest BCUT2D eigenvalue weighted by atomic mass is 32.2. The molecule has 0 bridgehead atoms. The number of rotatable bonds is 3. The molecule has 19 heavy (non-hydrogen) atoms. The van der Waals surface area contributed by atoms with Crippen molar-refractivity contribution >= 4 is 15.4 Å². The van der Waals surface area contributed by atoms with Crippen LogP contribution in [0.25, 0.3) is 5.57 Å². The Morgan fingerprint density at radius 1 is 1.26 bits per heavy atom. The third kappa shape index (κ3) is 2.35. The van der Waals surface area contributed by atoms with Gasteiger partial charge < -0.3 is 5.32 Å². The maximum atomic E-state index is 12.2. The van der Waals surface area contributed by atoms with Gasteiger partial charge in [0.25, 0.3) is 0 Å². The fourth-order valence-corrected chi connectivity index (χ4v) is 4.84. The molecule has 1 aromatic rings. The molecule has 2 aliphatic rings. The molecule has 0 amide bonds. The highest BCUT2D eigenvalue weighted by Gasteiger charge is 2.28. The van der Waals surface area contributed by atoms with Gasteiger partial charge in [0.2, 0.25) is 9.84 Å². The van der Waals surface area contributed by atoms with Gasteiger partial charge >= 0.3 is 0 Å². The van der Waals surface area contributed by atoms with Crippen molar-refractivity contribution < 1.29 is 8.42 Å². The van der Waals surface area contributed by atoms with Crippen LogP contribution in [0.1, 0.15) is 36.8 Å². The molecule has 1 aromatic carbocycles. The average molecular weight is 277 g/mol. The van der Waals surface area contributed by atoms with Gasteiger partial charge in [0.05, 0.1) is 4.90 Å². The van der Waals surface area contributed by atoms with Crippen molar-refractivity contribution in [2.45, 2.75) is 43.5 Å². The monoisotopic (exact) mass is 277 g/mol. The van der Waals surface area contributed by atoms with Crippen LogP contribution in [-0.2, 0) is 9.84 Å². The van der Waals surface area contributed by atoms with Crippen LogP contribution in [0, 0.1) is 6.92 Å². The van der Waals surface area contributed by atoms with E-state index in [2.05, 4.69) is 5.32 Å². The van der Waals surface area contributed by atoms with Crippen LogP contribution in [0.3, 0.4) is 0 Å². The van der Waals surface area contributed by atoms with Gasteiger partial charge in [0.15, 0.2) is 0 Å². The number of benzene rings is 1. The standard InChI is InChI=1S/C15H19NO2S/c1-11-5-4-8-14-12(10-19(17,18)15(11)14)9-16-13-6-2-3-7-13/h4-5,8,10,13,16H,2-3,6-7,9H2,1H3. The molecule has 1 saturated carbocycles. The fourth-order valence-electron chi connectivity index (χ4n) is 3.11. The van der Waals surface area contributed by atoms with E-state index in [0.29, 0.717) is 17.5 Å². The van der Waals surface area contributed by atoms with Crippen LogP contribution in [-0.4, -0.2) is 21.0 Å². The summed E-state index contributed by atoms with van der Waals surface area (Å²) >= 11 is 0. The molecular formula is C15H19NO2S. The van der Waals surface area contributed by atoms with Crippen molar-refractivity contribution in [2.75, 3.05) is 6.54 Å². The van der Waals surface area contributed by atoms with Crippen LogP contribution in [0.2, 0.25) is 0 Å². The van der Waals surface area contributed by atoms with Gasteiger partial charge in [-0.05, 0) is 36.5 Å². The molecule has 1 fully saturated rings. The molecule has 0 unspecified atom stereocenters. The normalized spacial score (nSPS) is 21.4. The number of hydrogen-bond acceptors (Lipinski definition) is 3. The number of hydrogen-bond donors (Lipinski definition) is 1. The first-order chi connectivity index (χ1) is 9.08. The summed E-state index contributed by atoms with van der Waals surface area (Å²) in [6.45, 7) is 2.51. The molecule has 1 N–H and O–H groups in total. The van der Waals surface area contributed by atoms with Crippen molar-refractivity contribution in [1.82, 2.24) is 5.32 Å². The predicted octanol–water partition coefficient (Wildman–Crippen LogP) is 2.66. The molecule has 1 aliphatic carbocycles. The first kappa shape index (κ1) is 12.9. The molecular weight excluding hydrogens is 258 g/mol. The van der Waals surface area contributed by atoms with Crippen LogP contribution in [0.5, 0.6) is 0 Å². The lowest BCUT2D eigenvalue weighted by atomic mass is 10.0. The smallest absolute Gasteiger partial charge is 0.201 e. The van der Waals surface area contributed by atoms with Crippen molar-refractivity contribution in [3.05, 3.63) is 34.7 Å². The first-order valence-electron chi connectivity index (χ1n) is 6.87. The third-order valence-corrected chi connectivity index (χ3v) is 5.78. The van der Waals surface area contributed by atoms with Crippen molar-refractivity contribution in [1.29, 1.82) is 0 Å². The van der Waals surface area contributed by atoms with E-state index in [-0.39, 0.29) is 0 Å². The second-order valence-electron chi connectivity index (χ2n) is 5.50. The molecule has 0 radical (unpaired) electrons. The summed E-state index contributed by atoms with van der Waals surface area (Å²) < 4.78 is 24.4. The Kier molecular flexibility index (Phi) is 3.23. The summed E-state index contributed by atoms with van der Waals surface area (Å²) in [6, 6.07) is 6.25. The third-order valence-electron chi connectivity index (χ3n) is 4.08. The van der Waals surface area contributed by atoms with E-state index in [1.807, 2.05) is 25.1 Å². The Morgan fingerprint density at radius 2 is 2.00 bits per heavy atom. The Hall–Kier alpha value is -1.13. The van der Waals surface area contributed by atoms with Gasteiger partial charge in [-0.2, -0.15) is 0 Å². The number of nitrogens with one attached hydrogen (secondary N) is 1. The number of sulfone groups is 1. The number of fused-ring (bicyclic) bond motifs is 1. The van der Waals surface area contributed by atoms with E-state index in [0.717, 1.165) is 16.7 Å². The van der Waals surface area contributed by atoms with Crippen LogP contribution < -0.4 is 5.32 Å². The molecule has 102 valence electrons. The molecule has 0 atom stereocenters. The Labute approximate surface area is 114 Å². The lowest BCUT2D eigenvalue weighted by Gasteiger charge is -2.13. The SMILES string of the molecule is Cc1cccc2c1S(=O)(=O)C=C2CNC1CCCC1. The summed E-state index contributed by atoms with van der Waals surface area (Å²) in [5.41, 5.74) is 2.63. The van der Waals surface area contributed by atoms with Crippen molar-refractivity contribution in [3.63, 3.8) is 0 Å². The van der Waals surface area contributed by atoms with E-state index in [1.165, 1.54) is 31.1 Å². The molecule has 0 spiro atoms. The lowest BCUT2D eigenvalue weighted by Crippen LogP contribution is -2.27. The largest absolute Gasteiger partial charge is 0.310 e. The minimum atomic E-state index is -3.23. The maximum Gasteiger partial charge on any atom is 0.201 e. The van der Waals surface area contributed by atoms with Gasteiger partial charge in [-0.25, -0.2) is 8.42 Å². The molecule has 4 heteroatoms. The summed E-state index contributed by atoms with van der Waals surface area (Å²) in [4.78, 5) is 0.498. The Morgan fingerprint density at radius 3 is 2.74 bits per heavy atom. The molecule has 3 rings (SSSR count). The second kappa shape index (κ2) is 4.76. The van der Waals surface area contributed by atoms with Gasteiger partial charge in [-0.3, -0.25) is 0 Å². The van der Waals surface area contributed by atoms with Crippen molar-refractivity contribution in [2.24, 2.45) is 0 Å². The van der Waals surface area contributed by atoms with Gasteiger partial charge in [-0.15, -0.1) is 0 Å². The topological polar surface area (TPSA) is 46.2 Å². The zero-order valence-electron chi connectivity index (χ0n) is 11.1. The molecule has 1 aliphatic heterocycles.